The topological polar surface area (TPSA) is 83.1 Å². The molecule has 6 aromatic carbocycles. The second-order valence-electron chi connectivity index (χ2n) is 16.5. The number of halogens is 4. The Bertz CT molecular complexity index is 2330. The zero-order valence-corrected chi connectivity index (χ0v) is 37.4. The van der Waals surface area contributed by atoms with E-state index in [4.69, 9.17) is 32.7 Å². The van der Waals surface area contributed by atoms with Crippen LogP contribution < -0.4 is 20.1 Å². The van der Waals surface area contributed by atoms with E-state index in [1.54, 1.807) is 24.3 Å². The lowest BCUT2D eigenvalue weighted by Crippen LogP contribution is -2.43. The number of nitrogens with zero attached hydrogens (tertiary/aromatic N) is 2. The smallest absolute Gasteiger partial charge is 0.257 e. The molecule has 0 spiro atoms. The van der Waals surface area contributed by atoms with E-state index >= 15 is 0 Å². The molecule has 2 aliphatic rings. The number of anilines is 2. The van der Waals surface area contributed by atoms with Gasteiger partial charge in [0.15, 0.2) is 0 Å². The minimum atomic E-state index is -0.481. The van der Waals surface area contributed by atoms with Gasteiger partial charge in [0.1, 0.15) is 35.3 Å². The highest BCUT2D eigenvalue weighted by molar-refractivity contribution is 6.35. The number of likely N-dealkylation sites (tertiary alicyclic amines) is 2. The Kier molecular flexibility index (Phi) is 16.0. The van der Waals surface area contributed by atoms with Crippen molar-refractivity contribution < 1.29 is 27.8 Å². The van der Waals surface area contributed by atoms with Crippen molar-refractivity contribution >= 4 is 46.4 Å². The van der Waals surface area contributed by atoms with E-state index in [-0.39, 0.29) is 33.4 Å². The molecule has 12 heteroatoms. The van der Waals surface area contributed by atoms with E-state index in [0.29, 0.717) is 34.7 Å². The van der Waals surface area contributed by atoms with Crippen LogP contribution in [0.1, 0.15) is 58.5 Å². The third-order valence-corrected chi connectivity index (χ3v) is 12.1. The van der Waals surface area contributed by atoms with Gasteiger partial charge in [-0.15, -0.1) is 0 Å². The van der Waals surface area contributed by atoms with Crippen molar-refractivity contribution in [1.29, 1.82) is 0 Å². The first-order valence-corrected chi connectivity index (χ1v) is 22.3. The molecule has 8 nitrogen and oxygen atoms in total. The van der Waals surface area contributed by atoms with E-state index in [1.807, 2.05) is 36.4 Å². The summed E-state index contributed by atoms with van der Waals surface area (Å²) in [6.45, 7) is 10.2. The summed E-state index contributed by atoms with van der Waals surface area (Å²) in [4.78, 5) is 30.0. The number of benzene rings is 6. The fourth-order valence-corrected chi connectivity index (χ4v) is 8.64. The lowest BCUT2D eigenvalue weighted by molar-refractivity contribution is 0.0490. The molecule has 2 amide bonds. The zero-order chi connectivity index (χ0) is 45.0. The molecule has 0 unspecified atom stereocenters. The number of hydrogen-bond donors (Lipinski definition) is 2. The second kappa shape index (κ2) is 22.2. The van der Waals surface area contributed by atoms with E-state index < -0.39 is 23.4 Å². The third kappa shape index (κ3) is 13.1. The molecule has 0 radical (unpaired) electrons. The van der Waals surface area contributed by atoms with Crippen molar-refractivity contribution in [1.82, 2.24) is 9.80 Å². The van der Waals surface area contributed by atoms with Crippen molar-refractivity contribution in [2.45, 2.75) is 52.0 Å². The predicted molar refractivity (Wildman–Crippen MR) is 251 cm³/mol. The van der Waals surface area contributed by atoms with Gasteiger partial charge >= 0.3 is 0 Å². The van der Waals surface area contributed by atoms with E-state index in [1.165, 1.54) is 35.4 Å². The van der Waals surface area contributed by atoms with Crippen LogP contribution in [0.5, 0.6) is 11.5 Å². The molecule has 2 aliphatic heterocycles. The quantitative estimate of drug-likeness (QED) is 0.127. The highest BCUT2D eigenvalue weighted by atomic mass is 35.5. The molecule has 64 heavy (non-hydrogen) atoms. The first kappa shape index (κ1) is 46.2. The largest absolute Gasteiger partial charge is 0.490 e. The molecule has 2 N–H and O–H groups in total. The number of piperidine rings is 2. The molecule has 2 fully saturated rings. The highest BCUT2D eigenvalue weighted by Gasteiger charge is 2.29. The van der Waals surface area contributed by atoms with Gasteiger partial charge in [-0.1, -0.05) is 110 Å². The number of carbonyl (C=O) groups is 2. The minimum absolute atomic E-state index is 0.0750. The summed E-state index contributed by atoms with van der Waals surface area (Å²) in [5.41, 5.74) is 4.29. The van der Waals surface area contributed by atoms with Gasteiger partial charge in [0.05, 0.1) is 21.2 Å². The maximum Gasteiger partial charge on any atom is 0.257 e. The summed E-state index contributed by atoms with van der Waals surface area (Å²) in [7, 11) is 0. The average Bonchev–Trinajstić information content (AvgIpc) is 3.27. The number of nitrogens with one attached hydrogen (secondary N) is 2. The first-order chi connectivity index (χ1) is 30.9. The molecule has 0 saturated carbocycles. The molecule has 4 atom stereocenters. The average molecular weight is 906 g/mol. The third-order valence-electron chi connectivity index (χ3n) is 11.4. The van der Waals surface area contributed by atoms with Gasteiger partial charge in [-0.3, -0.25) is 19.4 Å². The van der Waals surface area contributed by atoms with Crippen molar-refractivity contribution in [3.05, 3.63) is 190 Å². The van der Waals surface area contributed by atoms with Crippen LogP contribution in [0.25, 0.3) is 0 Å². The monoisotopic (exact) mass is 904 g/mol. The van der Waals surface area contributed by atoms with Crippen molar-refractivity contribution in [3.63, 3.8) is 0 Å². The lowest BCUT2D eigenvalue weighted by atomic mass is 9.96. The molecule has 0 bridgehead atoms. The van der Waals surface area contributed by atoms with Crippen LogP contribution in [0.2, 0.25) is 10.0 Å². The lowest BCUT2D eigenvalue weighted by Gasteiger charge is -2.37. The van der Waals surface area contributed by atoms with Crippen LogP contribution in [-0.2, 0) is 13.1 Å². The molecule has 8 rings (SSSR count). The normalized spacial score (nSPS) is 18.8. The summed E-state index contributed by atoms with van der Waals surface area (Å²) >= 11 is 12.0. The van der Waals surface area contributed by atoms with Crippen LogP contribution in [0, 0.1) is 23.5 Å². The summed E-state index contributed by atoms with van der Waals surface area (Å²) in [6.07, 6.45) is 2.10. The molecule has 2 heterocycles. The van der Waals surface area contributed by atoms with Crippen LogP contribution in [-0.4, -0.2) is 60.0 Å². The van der Waals surface area contributed by atoms with Gasteiger partial charge < -0.3 is 20.1 Å². The van der Waals surface area contributed by atoms with Crippen molar-refractivity contribution in [2.24, 2.45) is 11.8 Å². The van der Waals surface area contributed by atoms with E-state index in [9.17, 15) is 18.4 Å². The fourth-order valence-electron chi connectivity index (χ4n) is 8.13. The maximum atomic E-state index is 13.2. The van der Waals surface area contributed by atoms with Crippen molar-refractivity contribution in [2.75, 3.05) is 36.8 Å². The molecule has 6 aromatic rings. The van der Waals surface area contributed by atoms with Crippen LogP contribution in [0.3, 0.4) is 0 Å². The Hall–Kier alpha value is -5.78. The summed E-state index contributed by atoms with van der Waals surface area (Å²) in [5.74, 6) is 0.427. The Morgan fingerprint density at radius 2 is 0.969 bits per heavy atom. The summed E-state index contributed by atoms with van der Waals surface area (Å²) in [5, 5.41) is 5.77. The summed E-state index contributed by atoms with van der Waals surface area (Å²) in [6, 6.07) is 43.1. The molecule has 0 aromatic heterocycles. The number of hydrogen-bond acceptors (Lipinski definition) is 6. The maximum absolute atomic E-state index is 13.2. The molecule has 0 aliphatic carbocycles. The van der Waals surface area contributed by atoms with Gasteiger partial charge in [-0.2, -0.15) is 0 Å². The van der Waals surface area contributed by atoms with Crippen LogP contribution in [0.4, 0.5) is 20.2 Å². The predicted octanol–water partition coefficient (Wildman–Crippen LogP) is 12.0. The van der Waals surface area contributed by atoms with Gasteiger partial charge in [0, 0.05) is 74.6 Å². The van der Waals surface area contributed by atoms with Crippen molar-refractivity contribution in [3.8, 4) is 11.5 Å². The molecular formula is C52H52Cl2F2N4O4. The number of carbonyl (C=O) groups excluding carboxylic acids is 2. The summed E-state index contributed by atoms with van der Waals surface area (Å²) < 4.78 is 39.0. The fraction of sp³-hybridized carbons (Fsp3) is 0.269. The van der Waals surface area contributed by atoms with Gasteiger partial charge in [0.2, 0.25) is 0 Å². The van der Waals surface area contributed by atoms with Gasteiger partial charge in [-0.05, 0) is 84.6 Å². The van der Waals surface area contributed by atoms with Gasteiger partial charge in [-0.25, -0.2) is 8.78 Å². The molecule has 332 valence electrons. The molecular weight excluding hydrogens is 853 g/mol. The second-order valence-corrected chi connectivity index (χ2v) is 17.3. The standard InChI is InChI=1S/2C26H26ClFN2O2/c2*1-18-16-30(17-19-6-3-2-4-7-19)13-12-25(18)32-22-9-5-8-21(15-22)29-26(31)23-11-10-20(28)14-24(23)27/h2*2-11,14-15,18,25H,12-13,16-17H2,1H3,(H,29,31)/t2*18-,25-/m10/s1. The highest BCUT2D eigenvalue weighted by Crippen LogP contribution is 2.29. The van der Waals surface area contributed by atoms with Gasteiger partial charge in [0.25, 0.3) is 11.8 Å². The number of amides is 2. The zero-order valence-electron chi connectivity index (χ0n) is 35.9. The number of rotatable bonds is 12. The Labute approximate surface area is 384 Å². The Morgan fingerprint density at radius 3 is 1.34 bits per heavy atom. The Balaban J connectivity index is 0.000000191. The molecule has 2 saturated heterocycles. The van der Waals surface area contributed by atoms with Crippen LogP contribution in [0.15, 0.2) is 146 Å². The minimum Gasteiger partial charge on any atom is -0.490 e. The first-order valence-electron chi connectivity index (χ1n) is 21.5. The number of ether oxygens (including phenoxy) is 2. The SMILES string of the molecule is C[C@@H]1CN(Cc2ccccc2)CC[C@H]1Oc1cccc(NC(=O)c2ccc(F)cc2Cl)c1.C[C@H]1CN(Cc2ccccc2)CC[C@@H]1Oc1cccc(NC(=O)c2ccc(F)cc2Cl)c1. The van der Waals surface area contributed by atoms with E-state index in [2.05, 4.69) is 82.8 Å². The Morgan fingerprint density at radius 1 is 0.562 bits per heavy atom. The van der Waals surface area contributed by atoms with E-state index in [0.717, 1.165) is 64.2 Å². The van der Waals surface area contributed by atoms with Crippen LogP contribution >= 0.6 is 23.2 Å².